The van der Waals surface area contributed by atoms with Crippen molar-refractivity contribution >= 4 is 22.4 Å². The van der Waals surface area contributed by atoms with Crippen LogP contribution in [0.5, 0.6) is 11.5 Å². The minimum Gasteiger partial charge on any atom is -0.457 e. The molecule has 5 heteroatoms. The number of ether oxygens (including phenoxy) is 1. The highest BCUT2D eigenvalue weighted by atomic mass is 32.1. The third-order valence-electron chi connectivity index (χ3n) is 4.50. The van der Waals surface area contributed by atoms with Crippen molar-refractivity contribution in [2.24, 2.45) is 0 Å². The van der Waals surface area contributed by atoms with Crippen LogP contribution in [0.1, 0.15) is 21.5 Å². The molecule has 0 aliphatic heterocycles. The summed E-state index contributed by atoms with van der Waals surface area (Å²) in [4.78, 5) is 17.5. The lowest BCUT2D eigenvalue weighted by atomic mass is 10.0. The van der Waals surface area contributed by atoms with E-state index in [1.54, 1.807) is 12.1 Å². The molecule has 29 heavy (non-hydrogen) atoms. The van der Waals surface area contributed by atoms with Crippen molar-refractivity contribution in [1.29, 1.82) is 0 Å². The Hall–Kier alpha value is -3.44. The molecule has 0 bridgehead atoms. The monoisotopic (exact) mass is 400 g/mol. The standard InChI is InChI=1S/C24H20N2O2S/c1-16-12-13-17(2)20(14-16)21-15-29-24(25-21)26-23(27)19-10-6-7-11-22(19)28-18-8-4-3-5-9-18/h3-15H,1-2H3,(H,25,26,27). The van der Waals surface area contributed by atoms with Crippen LogP contribution in [0.3, 0.4) is 0 Å². The number of aromatic nitrogens is 1. The molecule has 0 radical (unpaired) electrons. The number of hydrogen-bond acceptors (Lipinski definition) is 4. The van der Waals surface area contributed by atoms with E-state index in [0.717, 1.165) is 16.8 Å². The maximum Gasteiger partial charge on any atom is 0.261 e. The van der Waals surface area contributed by atoms with E-state index >= 15 is 0 Å². The van der Waals surface area contributed by atoms with Gasteiger partial charge in [-0.15, -0.1) is 11.3 Å². The summed E-state index contributed by atoms with van der Waals surface area (Å²) in [5, 5.41) is 5.42. The molecule has 4 rings (SSSR count). The summed E-state index contributed by atoms with van der Waals surface area (Å²) in [6.07, 6.45) is 0. The number of para-hydroxylation sites is 2. The van der Waals surface area contributed by atoms with Gasteiger partial charge in [0.25, 0.3) is 5.91 Å². The van der Waals surface area contributed by atoms with E-state index in [1.807, 2.05) is 47.8 Å². The number of anilines is 1. The molecule has 0 aliphatic rings. The van der Waals surface area contributed by atoms with Crippen LogP contribution in [0, 0.1) is 13.8 Å². The quantitative estimate of drug-likeness (QED) is 0.417. The number of carbonyl (C=O) groups excluding carboxylic acids is 1. The molecule has 1 N–H and O–H groups in total. The van der Waals surface area contributed by atoms with Crippen LogP contribution in [0.2, 0.25) is 0 Å². The topological polar surface area (TPSA) is 51.2 Å². The zero-order chi connectivity index (χ0) is 20.2. The summed E-state index contributed by atoms with van der Waals surface area (Å²) in [5.41, 5.74) is 4.73. The number of hydrogen-bond donors (Lipinski definition) is 1. The van der Waals surface area contributed by atoms with Crippen molar-refractivity contribution in [2.45, 2.75) is 13.8 Å². The first kappa shape index (κ1) is 18.9. The van der Waals surface area contributed by atoms with Gasteiger partial charge in [-0.1, -0.05) is 48.0 Å². The average molecular weight is 401 g/mol. The molecule has 0 unspecified atom stereocenters. The second-order valence-corrected chi connectivity index (χ2v) is 7.58. The van der Waals surface area contributed by atoms with E-state index in [9.17, 15) is 4.79 Å². The first-order valence-electron chi connectivity index (χ1n) is 9.26. The number of benzene rings is 3. The zero-order valence-electron chi connectivity index (χ0n) is 16.2. The molecule has 1 amide bonds. The number of carbonyl (C=O) groups is 1. The fourth-order valence-electron chi connectivity index (χ4n) is 2.99. The lowest BCUT2D eigenvalue weighted by molar-refractivity contribution is 0.102. The van der Waals surface area contributed by atoms with E-state index in [0.29, 0.717) is 22.2 Å². The van der Waals surface area contributed by atoms with Crippen molar-refractivity contribution in [3.8, 4) is 22.8 Å². The van der Waals surface area contributed by atoms with E-state index in [2.05, 4.69) is 42.3 Å². The summed E-state index contributed by atoms with van der Waals surface area (Å²) in [6, 6.07) is 22.9. The molecule has 0 atom stereocenters. The summed E-state index contributed by atoms with van der Waals surface area (Å²) < 4.78 is 5.89. The number of nitrogens with one attached hydrogen (secondary N) is 1. The maximum absolute atomic E-state index is 12.9. The summed E-state index contributed by atoms with van der Waals surface area (Å²) in [7, 11) is 0. The van der Waals surface area contributed by atoms with Gasteiger partial charge in [0.15, 0.2) is 5.13 Å². The second kappa shape index (κ2) is 8.29. The first-order valence-corrected chi connectivity index (χ1v) is 10.1. The van der Waals surface area contributed by atoms with Gasteiger partial charge in [0, 0.05) is 10.9 Å². The zero-order valence-corrected chi connectivity index (χ0v) is 17.0. The molecule has 0 fully saturated rings. The van der Waals surface area contributed by atoms with Gasteiger partial charge in [-0.3, -0.25) is 10.1 Å². The Balaban J connectivity index is 1.55. The van der Waals surface area contributed by atoms with Crippen LogP contribution in [0.25, 0.3) is 11.3 Å². The van der Waals surface area contributed by atoms with E-state index in [1.165, 1.54) is 16.9 Å². The van der Waals surface area contributed by atoms with Gasteiger partial charge < -0.3 is 4.74 Å². The highest BCUT2D eigenvalue weighted by molar-refractivity contribution is 7.14. The van der Waals surface area contributed by atoms with Crippen molar-refractivity contribution in [1.82, 2.24) is 4.98 Å². The van der Waals surface area contributed by atoms with Crippen molar-refractivity contribution < 1.29 is 9.53 Å². The number of aryl methyl sites for hydroxylation is 2. The predicted octanol–water partition coefficient (Wildman–Crippen LogP) is 6.47. The Kier molecular flexibility index (Phi) is 5.40. The lowest BCUT2D eigenvalue weighted by Crippen LogP contribution is -2.12. The molecule has 3 aromatic carbocycles. The van der Waals surface area contributed by atoms with Crippen molar-refractivity contribution in [2.75, 3.05) is 5.32 Å². The van der Waals surface area contributed by atoms with E-state index in [-0.39, 0.29) is 5.91 Å². The van der Waals surface area contributed by atoms with Gasteiger partial charge in [-0.2, -0.15) is 0 Å². The van der Waals surface area contributed by atoms with Gasteiger partial charge >= 0.3 is 0 Å². The number of thiazole rings is 1. The first-order chi connectivity index (χ1) is 14.1. The minimum atomic E-state index is -0.251. The van der Waals surface area contributed by atoms with Crippen LogP contribution >= 0.6 is 11.3 Å². The molecule has 4 nitrogen and oxygen atoms in total. The molecular formula is C24H20N2O2S. The SMILES string of the molecule is Cc1ccc(C)c(-c2csc(NC(=O)c3ccccc3Oc3ccccc3)n2)c1. The Labute approximate surface area is 173 Å². The molecule has 0 aliphatic carbocycles. The Morgan fingerprint density at radius 3 is 2.55 bits per heavy atom. The van der Waals surface area contributed by atoms with Gasteiger partial charge in [0.2, 0.25) is 0 Å². The number of amides is 1. The summed E-state index contributed by atoms with van der Waals surface area (Å²) >= 11 is 1.41. The minimum absolute atomic E-state index is 0.251. The van der Waals surface area contributed by atoms with Gasteiger partial charge in [-0.25, -0.2) is 4.98 Å². The van der Waals surface area contributed by atoms with Crippen molar-refractivity contribution in [3.63, 3.8) is 0 Å². The molecule has 144 valence electrons. The van der Waals surface area contributed by atoms with Gasteiger partial charge in [0.1, 0.15) is 11.5 Å². The second-order valence-electron chi connectivity index (χ2n) is 6.72. The van der Waals surface area contributed by atoms with Crippen LogP contribution < -0.4 is 10.1 Å². The molecule has 1 aromatic heterocycles. The summed E-state index contributed by atoms with van der Waals surface area (Å²) in [5.74, 6) is 0.931. The van der Waals surface area contributed by atoms with Crippen LogP contribution in [0.15, 0.2) is 78.2 Å². The van der Waals surface area contributed by atoms with Crippen LogP contribution in [0.4, 0.5) is 5.13 Å². The highest BCUT2D eigenvalue weighted by Gasteiger charge is 2.15. The Bertz CT molecular complexity index is 1150. The lowest BCUT2D eigenvalue weighted by Gasteiger charge is -2.10. The molecule has 0 spiro atoms. The normalized spacial score (nSPS) is 10.6. The largest absolute Gasteiger partial charge is 0.457 e. The smallest absolute Gasteiger partial charge is 0.261 e. The van der Waals surface area contributed by atoms with Gasteiger partial charge in [0.05, 0.1) is 11.3 Å². The van der Waals surface area contributed by atoms with Crippen LogP contribution in [-0.4, -0.2) is 10.9 Å². The summed E-state index contributed by atoms with van der Waals surface area (Å²) in [6.45, 7) is 4.12. The molecule has 1 heterocycles. The van der Waals surface area contributed by atoms with Crippen LogP contribution in [-0.2, 0) is 0 Å². The highest BCUT2D eigenvalue weighted by Crippen LogP contribution is 2.30. The Morgan fingerprint density at radius 1 is 0.966 bits per heavy atom. The molecule has 0 saturated carbocycles. The molecule has 0 saturated heterocycles. The average Bonchev–Trinajstić information content (AvgIpc) is 3.19. The Morgan fingerprint density at radius 2 is 1.72 bits per heavy atom. The third-order valence-corrected chi connectivity index (χ3v) is 5.25. The third kappa shape index (κ3) is 4.36. The number of nitrogens with zero attached hydrogens (tertiary/aromatic N) is 1. The fourth-order valence-corrected chi connectivity index (χ4v) is 3.70. The van der Waals surface area contributed by atoms with E-state index < -0.39 is 0 Å². The maximum atomic E-state index is 12.9. The number of rotatable bonds is 5. The van der Waals surface area contributed by atoms with E-state index in [4.69, 9.17) is 4.74 Å². The van der Waals surface area contributed by atoms with Crippen molar-refractivity contribution in [3.05, 3.63) is 94.9 Å². The molecule has 4 aromatic rings. The predicted molar refractivity (Wildman–Crippen MR) is 118 cm³/mol. The fraction of sp³-hybridized carbons (Fsp3) is 0.0833. The molecular weight excluding hydrogens is 380 g/mol. The van der Waals surface area contributed by atoms with Gasteiger partial charge in [-0.05, 0) is 49.7 Å².